The van der Waals surface area contributed by atoms with Gasteiger partial charge in [0.25, 0.3) is 11.8 Å². The van der Waals surface area contributed by atoms with Gasteiger partial charge in [-0.05, 0) is 97.1 Å². The van der Waals surface area contributed by atoms with Crippen molar-refractivity contribution in [3.63, 3.8) is 0 Å². The number of benzene rings is 5. The van der Waals surface area contributed by atoms with Gasteiger partial charge in [-0.2, -0.15) is 0 Å². The van der Waals surface area contributed by atoms with Crippen molar-refractivity contribution in [2.75, 3.05) is 49.5 Å². The summed E-state index contributed by atoms with van der Waals surface area (Å²) in [6.07, 6.45) is 0. The number of hydrogen-bond donors (Lipinski definition) is 4. The summed E-state index contributed by atoms with van der Waals surface area (Å²) >= 11 is 0. The van der Waals surface area contributed by atoms with Crippen LogP contribution in [-0.2, 0) is 0 Å². The lowest BCUT2D eigenvalue weighted by Gasteiger charge is -2.17. The number of carbonyl (C=O) groups excluding carboxylic acids is 2. The molecule has 10 nitrogen and oxygen atoms in total. The van der Waals surface area contributed by atoms with Crippen LogP contribution in [0.5, 0.6) is 0 Å². The Labute approximate surface area is 293 Å². The fraction of sp³-hybridized carbons (Fsp3) is 0.105. The van der Waals surface area contributed by atoms with Gasteiger partial charge in [0.1, 0.15) is 0 Å². The zero-order chi connectivity index (χ0) is 33.9. The minimum absolute atomic E-state index is 0. The first-order valence-electron chi connectivity index (χ1n) is 15.3. The van der Waals surface area contributed by atoms with Crippen LogP contribution in [-0.4, -0.2) is 61.7 Å². The summed E-state index contributed by atoms with van der Waals surface area (Å²) in [5, 5.41) is 12.4. The summed E-state index contributed by atoms with van der Waals surface area (Å²) in [5.74, 6) is 0.791. The van der Waals surface area contributed by atoms with Crippen LogP contribution in [0.15, 0.2) is 143 Å². The van der Waals surface area contributed by atoms with Gasteiger partial charge in [-0.1, -0.05) is 36.4 Å². The van der Waals surface area contributed by atoms with Crippen LogP contribution < -0.4 is 21.3 Å². The fourth-order valence-corrected chi connectivity index (χ4v) is 4.44. The Morgan fingerprint density at radius 2 is 0.735 bits per heavy atom. The number of nitrogens with zero attached hydrogens (tertiary/aromatic N) is 4. The molecule has 0 aliphatic carbocycles. The molecule has 0 radical (unpaired) electrons. The van der Waals surface area contributed by atoms with E-state index < -0.39 is 0 Å². The van der Waals surface area contributed by atoms with Crippen LogP contribution in [0, 0.1) is 0 Å². The molecule has 0 atom stereocenters. The number of guanidine groups is 2. The van der Waals surface area contributed by atoms with Crippen molar-refractivity contribution >= 4 is 70.3 Å². The number of rotatable bonds is 8. The van der Waals surface area contributed by atoms with Gasteiger partial charge in [0.05, 0.1) is 11.4 Å². The molecule has 0 aliphatic heterocycles. The summed E-state index contributed by atoms with van der Waals surface area (Å²) < 4.78 is 0. The van der Waals surface area contributed by atoms with E-state index in [1.165, 1.54) is 0 Å². The third-order valence-corrected chi connectivity index (χ3v) is 7.04. The third-order valence-electron chi connectivity index (χ3n) is 7.04. The SMILES string of the molecule is CN(C)C(=Nc1ccc(NC(=O)c2ccc(C(=O)Nc3ccc(N=C(Nc4ccccc4)N(C)C)cc3)cc2)cc1)Nc1ccccc1.Cl. The van der Waals surface area contributed by atoms with E-state index in [4.69, 9.17) is 9.98 Å². The molecule has 49 heavy (non-hydrogen) atoms. The van der Waals surface area contributed by atoms with Crippen LogP contribution in [0.1, 0.15) is 20.7 Å². The minimum atomic E-state index is -0.284. The molecule has 4 N–H and O–H groups in total. The lowest BCUT2D eigenvalue weighted by atomic mass is 10.1. The Morgan fingerprint density at radius 1 is 0.429 bits per heavy atom. The standard InChI is InChI=1S/C38H38N8O2.ClH/c1-45(2)37(41-29-11-7-5-8-12-29)43-33-23-19-31(20-24-33)39-35(47)27-15-17-28(18-16-27)36(48)40-32-21-25-34(26-22-32)44-38(46(3)4)42-30-13-9-6-10-14-30;/h5-26H,1-4H3,(H,39,47)(H,40,48)(H,41,43)(H,42,44);1H. The Morgan fingerprint density at radius 3 is 1.04 bits per heavy atom. The zero-order valence-corrected chi connectivity index (χ0v) is 28.5. The summed E-state index contributed by atoms with van der Waals surface area (Å²) in [5.41, 5.74) is 5.45. The largest absolute Gasteiger partial charge is 0.349 e. The lowest BCUT2D eigenvalue weighted by molar-refractivity contribution is 0.101. The van der Waals surface area contributed by atoms with Crippen molar-refractivity contribution in [1.82, 2.24) is 9.80 Å². The van der Waals surface area contributed by atoms with E-state index >= 15 is 0 Å². The maximum absolute atomic E-state index is 12.9. The highest BCUT2D eigenvalue weighted by Crippen LogP contribution is 2.20. The fourth-order valence-electron chi connectivity index (χ4n) is 4.44. The van der Waals surface area contributed by atoms with Gasteiger partial charge in [0.15, 0.2) is 0 Å². The number of amides is 2. The number of hydrogen-bond acceptors (Lipinski definition) is 4. The smallest absolute Gasteiger partial charge is 0.255 e. The molecule has 0 saturated heterocycles. The molecule has 0 unspecified atom stereocenters. The van der Waals surface area contributed by atoms with Gasteiger partial charge in [-0.3, -0.25) is 9.59 Å². The molecule has 0 heterocycles. The Kier molecular flexibility index (Phi) is 12.5. The normalized spacial score (nSPS) is 11.1. The van der Waals surface area contributed by atoms with Gasteiger partial charge < -0.3 is 31.1 Å². The average molecular weight is 675 g/mol. The predicted octanol–water partition coefficient (Wildman–Crippen LogP) is 7.94. The Hall–Kier alpha value is -6.13. The van der Waals surface area contributed by atoms with E-state index in [2.05, 4.69) is 21.3 Å². The molecule has 0 bridgehead atoms. The first-order valence-corrected chi connectivity index (χ1v) is 15.3. The summed E-state index contributed by atoms with van der Waals surface area (Å²) in [4.78, 5) is 39.0. The first-order chi connectivity index (χ1) is 23.2. The van der Waals surface area contributed by atoms with Crippen molar-refractivity contribution in [3.05, 3.63) is 145 Å². The lowest BCUT2D eigenvalue weighted by Crippen LogP contribution is -2.29. The maximum atomic E-state index is 12.9. The molecule has 5 rings (SSSR count). The average Bonchev–Trinajstić information content (AvgIpc) is 3.10. The molecular weight excluding hydrogens is 636 g/mol. The number of halogens is 1. The van der Waals surface area contributed by atoms with Crippen LogP contribution in [0.25, 0.3) is 0 Å². The van der Waals surface area contributed by atoms with Gasteiger partial charge >= 0.3 is 0 Å². The second kappa shape index (κ2) is 17.1. The van der Waals surface area contributed by atoms with E-state index in [0.717, 1.165) is 22.7 Å². The predicted molar refractivity (Wildman–Crippen MR) is 204 cm³/mol. The molecule has 11 heteroatoms. The number of para-hydroxylation sites is 2. The van der Waals surface area contributed by atoms with Gasteiger partial charge in [-0.25, -0.2) is 9.98 Å². The van der Waals surface area contributed by atoms with E-state index in [0.29, 0.717) is 34.4 Å². The van der Waals surface area contributed by atoms with Crippen molar-refractivity contribution in [2.45, 2.75) is 0 Å². The molecule has 2 amide bonds. The molecule has 250 valence electrons. The van der Waals surface area contributed by atoms with Crippen LogP contribution in [0.3, 0.4) is 0 Å². The molecule has 5 aromatic rings. The monoisotopic (exact) mass is 674 g/mol. The van der Waals surface area contributed by atoms with E-state index in [1.807, 2.05) is 123 Å². The quantitative estimate of drug-likeness (QED) is 0.0982. The zero-order valence-electron chi connectivity index (χ0n) is 27.7. The Balaban J connectivity index is 0.00000541. The second-order valence-corrected chi connectivity index (χ2v) is 11.2. The molecule has 5 aromatic carbocycles. The van der Waals surface area contributed by atoms with Crippen molar-refractivity contribution in [3.8, 4) is 0 Å². The van der Waals surface area contributed by atoms with Crippen molar-refractivity contribution < 1.29 is 9.59 Å². The highest BCUT2D eigenvalue weighted by molar-refractivity contribution is 6.07. The summed E-state index contributed by atoms with van der Waals surface area (Å²) in [7, 11) is 7.66. The maximum Gasteiger partial charge on any atom is 0.255 e. The topological polar surface area (TPSA) is 113 Å². The van der Waals surface area contributed by atoms with E-state index in [9.17, 15) is 9.59 Å². The van der Waals surface area contributed by atoms with Gasteiger partial charge in [0, 0.05) is 62.1 Å². The minimum Gasteiger partial charge on any atom is -0.349 e. The number of nitrogens with one attached hydrogen (secondary N) is 4. The van der Waals surface area contributed by atoms with Crippen molar-refractivity contribution in [2.24, 2.45) is 9.98 Å². The van der Waals surface area contributed by atoms with Crippen LogP contribution >= 0.6 is 12.4 Å². The molecular formula is C38H39ClN8O2. The second-order valence-electron chi connectivity index (χ2n) is 11.2. The number of anilines is 4. The third kappa shape index (κ3) is 10.4. The molecule has 0 saturated carbocycles. The summed E-state index contributed by atoms with van der Waals surface area (Å²) in [6.45, 7) is 0. The van der Waals surface area contributed by atoms with Crippen LogP contribution in [0.2, 0.25) is 0 Å². The van der Waals surface area contributed by atoms with E-state index in [-0.39, 0.29) is 24.2 Å². The van der Waals surface area contributed by atoms with Crippen LogP contribution in [0.4, 0.5) is 34.1 Å². The summed E-state index contributed by atoms with van der Waals surface area (Å²) in [6, 6.07) is 40.7. The van der Waals surface area contributed by atoms with E-state index in [1.54, 1.807) is 48.5 Å². The molecule has 0 aliphatic rings. The molecule has 0 fully saturated rings. The first kappa shape index (κ1) is 35.7. The Bertz CT molecular complexity index is 1740. The van der Waals surface area contributed by atoms with Gasteiger partial charge in [0.2, 0.25) is 11.9 Å². The number of carbonyl (C=O) groups is 2. The molecule has 0 aromatic heterocycles. The highest BCUT2D eigenvalue weighted by Gasteiger charge is 2.11. The molecule has 0 spiro atoms. The van der Waals surface area contributed by atoms with Crippen molar-refractivity contribution in [1.29, 1.82) is 0 Å². The highest BCUT2D eigenvalue weighted by atomic mass is 35.5. The van der Waals surface area contributed by atoms with Gasteiger partial charge in [-0.15, -0.1) is 12.4 Å². The number of aliphatic imine (C=N–C) groups is 2.